The lowest BCUT2D eigenvalue weighted by molar-refractivity contribution is -0.126. The number of carbonyl (C=O) groups excluding carboxylic acids is 2. The minimum Gasteiger partial charge on any atom is -0.489 e. The Labute approximate surface area is 185 Å². The van der Waals surface area contributed by atoms with E-state index < -0.39 is 6.04 Å². The van der Waals surface area contributed by atoms with Crippen LogP contribution >= 0.6 is 11.3 Å². The quantitative estimate of drug-likeness (QED) is 0.608. The summed E-state index contributed by atoms with van der Waals surface area (Å²) < 4.78 is 5.77. The summed E-state index contributed by atoms with van der Waals surface area (Å²) in [6.45, 7) is 1.50. The molecule has 1 atom stereocenters. The van der Waals surface area contributed by atoms with Crippen molar-refractivity contribution in [1.29, 1.82) is 0 Å². The molecule has 3 aromatic rings. The van der Waals surface area contributed by atoms with Gasteiger partial charge in [0, 0.05) is 31.0 Å². The number of thiophene rings is 1. The molecule has 4 rings (SSSR count). The molecule has 0 radical (unpaired) electrons. The third-order valence-corrected chi connectivity index (χ3v) is 6.17. The number of amides is 2. The predicted octanol–water partition coefficient (Wildman–Crippen LogP) is 4.03. The molecule has 1 unspecified atom stereocenters. The summed E-state index contributed by atoms with van der Waals surface area (Å²) in [7, 11) is 0. The Balaban J connectivity index is 1.30. The van der Waals surface area contributed by atoms with Gasteiger partial charge in [-0.2, -0.15) is 0 Å². The molecule has 6 nitrogen and oxygen atoms in total. The van der Waals surface area contributed by atoms with E-state index >= 15 is 0 Å². The fraction of sp³-hybridized carbons (Fsp3) is 0.292. The van der Waals surface area contributed by atoms with Gasteiger partial charge in [-0.3, -0.25) is 14.6 Å². The third-order valence-electron chi connectivity index (χ3n) is 5.32. The Morgan fingerprint density at radius 3 is 2.71 bits per heavy atom. The first-order valence-electron chi connectivity index (χ1n) is 10.4. The molecule has 1 N–H and O–H groups in total. The van der Waals surface area contributed by atoms with Gasteiger partial charge in [-0.1, -0.05) is 24.3 Å². The summed E-state index contributed by atoms with van der Waals surface area (Å²) in [5.41, 5.74) is 1.99. The third kappa shape index (κ3) is 5.49. The number of hydrogen-bond acceptors (Lipinski definition) is 5. The van der Waals surface area contributed by atoms with E-state index in [1.807, 2.05) is 53.9 Å². The maximum absolute atomic E-state index is 12.8. The number of nitrogens with zero attached hydrogens (tertiary/aromatic N) is 2. The van der Waals surface area contributed by atoms with Crippen LogP contribution in [0.4, 0.5) is 0 Å². The summed E-state index contributed by atoms with van der Waals surface area (Å²) in [5, 5.41) is 4.88. The minimum absolute atomic E-state index is 0.0510. The van der Waals surface area contributed by atoms with Crippen LogP contribution in [0.5, 0.6) is 5.75 Å². The Bertz CT molecular complexity index is 991. The number of aromatic nitrogens is 1. The fourth-order valence-corrected chi connectivity index (χ4v) is 4.33. The number of pyridine rings is 1. The van der Waals surface area contributed by atoms with Crippen molar-refractivity contribution in [2.24, 2.45) is 0 Å². The first kappa shape index (κ1) is 21.1. The molecular formula is C24H25N3O3S. The van der Waals surface area contributed by atoms with Crippen LogP contribution in [0, 0.1) is 0 Å². The Hall–Kier alpha value is -3.19. The summed E-state index contributed by atoms with van der Waals surface area (Å²) in [6.07, 6.45) is 6.10. The lowest BCUT2D eigenvalue weighted by Gasteiger charge is -2.34. The van der Waals surface area contributed by atoms with Gasteiger partial charge < -0.3 is 15.0 Å². The number of piperidine rings is 1. The molecule has 7 heteroatoms. The lowest BCUT2D eigenvalue weighted by atomic mass is 10.0. The van der Waals surface area contributed by atoms with E-state index in [0.29, 0.717) is 31.0 Å². The summed E-state index contributed by atoms with van der Waals surface area (Å²) in [4.78, 5) is 32.1. The molecular weight excluding hydrogens is 410 g/mol. The molecule has 0 aliphatic carbocycles. The maximum atomic E-state index is 12.8. The first-order chi connectivity index (χ1) is 15.2. The molecule has 1 aliphatic heterocycles. The van der Waals surface area contributed by atoms with Crippen molar-refractivity contribution in [2.75, 3.05) is 6.54 Å². The van der Waals surface area contributed by atoms with Gasteiger partial charge in [0.25, 0.3) is 5.91 Å². The second-order valence-corrected chi connectivity index (χ2v) is 8.45. The molecule has 1 aromatic carbocycles. The molecule has 160 valence electrons. The van der Waals surface area contributed by atoms with Crippen LogP contribution in [0.1, 0.15) is 40.1 Å². The van der Waals surface area contributed by atoms with Crippen LogP contribution in [0.25, 0.3) is 0 Å². The highest BCUT2D eigenvalue weighted by Crippen LogP contribution is 2.22. The van der Waals surface area contributed by atoms with Gasteiger partial charge in [0.15, 0.2) is 0 Å². The summed E-state index contributed by atoms with van der Waals surface area (Å²) in [6, 6.07) is 14.8. The monoisotopic (exact) mass is 435 g/mol. The standard InChI is InChI=1S/C24H25N3O3S/c28-23(21-6-1-2-13-27(21)24(29)22-7-4-14-31-22)26-16-18-8-10-20(11-9-18)30-17-19-5-3-12-25-15-19/h3-5,7-12,14-15,21H,1-2,6,13,16-17H2,(H,26,28). The van der Waals surface area contributed by atoms with Gasteiger partial charge >= 0.3 is 0 Å². The summed E-state index contributed by atoms with van der Waals surface area (Å²) >= 11 is 1.41. The van der Waals surface area contributed by atoms with Crippen LogP contribution < -0.4 is 10.1 Å². The molecule has 0 spiro atoms. The number of benzene rings is 1. The zero-order chi connectivity index (χ0) is 21.5. The van der Waals surface area contributed by atoms with Crippen molar-refractivity contribution in [3.05, 3.63) is 82.3 Å². The van der Waals surface area contributed by atoms with Gasteiger partial charge in [-0.05, 0) is 54.5 Å². The van der Waals surface area contributed by atoms with Crippen molar-refractivity contribution in [1.82, 2.24) is 15.2 Å². The number of carbonyl (C=O) groups is 2. The molecule has 2 amide bonds. The van der Waals surface area contributed by atoms with Crippen LogP contribution in [0.15, 0.2) is 66.3 Å². The molecule has 2 aromatic heterocycles. The van der Waals surface area contributed by atoms with Crippen molar-refractivity contribution in [2.45, 2.75) is 38.5 Å². The first-order valence-corrected chi connectivity index (χ1v) is 11.3. The van der Waals surface area contributed by atoms with Gasteiger partial charge in [0.2, 0.25) is 5.91 Å². The van der Waals surface area contributed by atoms with Crippen molar-refractivity contribution in [3.63, 3.8) is 0 Å². The second-order valence-electron chi connectivity index (χ2n) is 7.50. The van der Waals surface area contributed by atoms with Gasteiger partial charge in [-0.25, -0.2) is 0 Å². The van der Waals surface area contributed by atoms with Crippen molar-refractivity contribution >= 4 is 23.2 Å². The number of nitrogens with one attached hydrogen (secondary N) is 1. The molecule has 0 saturated carbocycles. The van der Waals surface area contributed by atoms with E-state index in [2.05, 4.69) is 10.3 Å². The fourth-order valence-electron chi connectivity index (χ4n) is 3.65. The van der Waals surface area contributed by atoms with Crippen LogP contribution in [0.2, 0.25) is 0 Å². The normalized spacial score (nSPS) is 16.0. The molecule has 31 heavy (non-hydrogen) atoms. The number of likely N-dealkylation sites (tertiary alicyclic amines) is 1. The van der Waals surface area contributed by atoms with Crippen LogP contribution in [0.3, 0.4) is 0 Å². The van der Waals surface area contributed by atoms with E-state index in [-0.39, 0.29) is 11.8 Å². The largest absolute Gasteiger partial charge is 0.489 e. The highest BCUT2D eigenvalue weighted by atomic mass is 32.1. The van der Waals surface area contributed by atoms with Crippen LogP contribution in [-0.4, -0.2) is 34.3 Å². The highest BCUT2D eigenvalue weighted by Gasteiger charge is 2.32. The smallest absolute Gasteiger partial charge is 0.264 e. The second kappa shape index (κ2) is 10.2. The average molecular weight is 436 g/mol. The zero-order valence-corrected chi connectivity index (χ0v) is 18.0. The Morgan fingerprint density at radius 1 is 1.10 bits per heavy atom. The Kier molecular flexibility index (Phi) is 6.94. The summed E-state index contributed by atoms with van der Waals surface area (Å²) in [5.74, 6) is 0.616. The molecule has 1 aliphatic rings. The van der Waals surface area contributed by atoms with E-state index in [4.69, 9.17) is 4.74 Å². The average Bonchev–Trinajstić information content (AvgIpc) is 3.37. The molecule has 3 heterocycles. The minimum atomic E-state index is -0.412. The number of ether oxygens (including phenoxy) is 1. The van der Waals surface area contributed by atoms with Gasteiger partial charge in [0.05, 0.1) is 4.88 Å². The number of hydrogen-bond donors (Lipinski definition) is 1. The Morgan fingerprint density at radius 2 is 1.97 bits per heavy atom. The molecule has 1 fully saturated rings. The molecule has 1 saturated heterocycles. The van der Waals surface area contributed by atoms with Crippen molar-refractivity contribution in [3.8, 4) is 5.75 Å². The maximum Gasteiger partial charge on any atom is 0.264 e. The SMILES string of the molecule is O=C(NCc1ccc(OCc2cccnc2)cc1)C1CCCCN1C(=O)c1cccs1. The molecule has 0 bridgehead atoms. The van der Waals surface area contributed by atoms with E-state index in [0.717, 1.165) is 29.7 Å². The topological polar surface area (TPSA) is 71.5 Å². The van der Waals surface area contributed by atoms with E-state index in [9.17, 15) is 9.59 Å². The zero-order valence-electron chi connectivity index (χ0n) is 17.2. The van der Waals surface area contributed by atoms with E-state index in [1.54, 1.807) is 17.3 Å². The van der Waals surface area contributed by atoms with Gasteiger partial charge in [0.1, 0.15) is 18.4 Å². The predicted molar refractivity (Wildman–Crippen MR) is 120 cm³/mol. The van der Waals surface area contributed by atoms with E-state index in [1.165, 1.54) is 11.3 Å². The number of rotatable bonds is 7. The lowest BCUT2D eigenvalue weighted by Crippen LogP contribution is -2.51. The van der Waals surface area contributed by atoms with Crippen LogP contribution in [-0.2, 0) is 17.9 Å². The van der Waals surface area contributed by atoms with Gasteiger partial charge in [-0.15, -0.1) is 11.3 Å². The van der Waals surface area contributed by atoms with Crippen molar-refractivity contribution < 1.29 is 14.3 Å². The highest BCUT2D eigenvalue weighted by molar-refractivity contribution is 7.12.